The Morgan fingerprint density at radius 1 is 0.150 bits per heavy atom. The zero-order chi connectivity index (χ0) is 96.2. The summed E-state index contributed by atoms with van der Waals surface area (Å²) in [6, 6.07) is 167. The summed E-state index contributed by atoms with van der Waals surface area (Å²) in [5.41, 5.74) is 36.9. The van der Waals surface area contributed by atoms with Crippen LogP contribution in [0.5, 0.6) is 0 Å². The highest BCUT2D eigenvalue weighted by molar-refractivity contribution is 6.26. The summed E-state index contributed by atoms with van der Waals surface area (Å²) in [5.74, 6) is 0.927. The van der Waals surface area contributed by atoms with Crippen LogP contribution in [0.1, 0.15) is 0 Å². The van der Waals surface area contributed by atoms with Crippen molar-refractivity contribution >= 4 is 224 Å². The molecule has 682 valence electrons. The third-order valence-corrected chi connectivity index (χ3v) is 30.3. The first-order valence-electron chi connectivity index (χ1n) is 49.8. The van der Waals surface area contributed by atoms with E-state index in [-0.39, 0.29) is 0 Å². The summed E-state index contributed by atoms with van der Waals surface area (Å²) in [6.45, 7) is 0. The third kappa shape index (κ3) is 12.5. The molecule has 33 rings (SSSR count). The van der Waals surface area contributed by atoms with Crippen LogP contribution in [0.3, 0.4) is 0 Å². The molecule has 0 spiro atoms. The van der Waals surface area contributed by atoms with Crippen molar-refractivity contribution in [2.24, 2.45) is 0 Å². The fraction of sp³-hybridized carbons (Fsp3) is 0. The lowest BCUT2D eigenvalue weighted by Crippen LogP contribution is -2.00. The minimum atomic E-state index is 0.921. The number of benzene rings is 20. The largest absolute Gasteiger partial charge is 0.309 e. The number of para-hydroxylation sites is 15. The number of hydrogen-bond donors (Lipinski definition) is 0. The van der Waals surface area contributed by atoms with Crippen molar-refractivity contribution in [3.05, 3.63) is 486 Å². The summed E-state index contributed by atoms with van der Waals surface area (Å²) >= 11 is 0. The second-order valence-corrected chi connectivity index (χ2v) is 38.2. The van der Waals surface area contributed by atoms with E-state index in [1.165, 1.54) is 92.7 Å². The predicted octanol–water partition coefficient (Wildman–Crippen LogP) is 33.3. The number of nitrogens with zero attached hydrogens (tertiary/aromatic N) is 14. The van der Waals surface area contributed by atoms with Gasteiger partial charge in [0.15, 0.2) is 0 Å². The average molecular weight is 1870 g/mol. The van der Waals surface area contributed by atoms with E-state index < -0.39 is 0 Å². The Morgan fingerprint density at radius 2 is 0.422 bits per heavy atom. The van der Waals surface area contributed by atoms with Crippen LogP contribution in [-0.4, -0.2) is 66.4 Å². The molecule has 13 aromatic heterocycles. The van der Waals surface area contributed by atoms with Gasteiger partial charge in [0, 0.05) is 112 Å². The van der Waals surface area contributed by atoms with Gasteiger partial charge >= 0.3 is 0 Å². The van der Waals surface area contributed by atoms with E-state index in [1.54, 1.807) is 0 Å². The molecule has 0 saturated carbocycles. The van der Waals surface area contributed by atoms with Gasteiger partial charge in [0.1, 0.15) is 22.8 Å². The summed E-state index contributed by atoms with van der Waals surface area (Å²) in [6.07, 6.45) is 5.62. The van der Waals surface area contributed by atoms with Crippen LogP contribution in [-0.2, 0) is 0 Å². The molecule has 0 unspecified atom stereocenters. The maximum Gasteiger partial charge on any atom is 0.148 e. The van der Waals surface area contributed by atoms with E-state index in [0.717, 1.165) is 199 Å². The van der Waals surface area contributed by atoms with Crippen LogP contribution < -0.4 is 0 Å². The number of pyridine rings is 6. The summed E-state index contributed by atoms with van der Waals surface area (Å²) in [5, 5.41) is 21.1. The standard InChI is InChI=1S/C52H31N5.C41H25N5.C40H24N4/c1-6-18-44-37(13-1)38-14-2-7-19-45(38)55(44)35-28-34(29-36(31-35)56-46-20-8-3-15-39(46)40-16-4-9-21-47(40)56)33-24-25-41-42-26-23-32-12-11-27-53-51(32)50(42)52-54-43-17-5-10-22-48(43)57(52)49(41)30-33;1-2-10-30(11-3-1)45-35-14-6-4-12-33(35)43-40(45)28-18-16-26(17-19-28)29-21-22-31-32-23-20-27-9-8-24-42-39(27)38(32)41-44-34-13-5-7-15-36(34)46(41)37(31)25-29;1-4-12-34-29(9-1)30-10-2-5-13-35(30)43(34)28-19-15-25(16-20-28)27-18-21-31-32-22-17-26-8-7-23-41-39(26)38(32)40-42-33-11-3-6-14-36(33)44(40)37(31)24-27/h1-31H;1-25H;1-24H. The van der Waals surface area contributed by atoms with Gasteiger partial charge in [-0.05, 0) is 213 Å². The Morgan fingerprint density at radius 3 is 0.789 bits per heavy atom. The van der Waals surface area contributed by atoms with Crippen molar-refractivity contribution in [3.8, 4) is 67.5 Å². The molecule has 147 heavy (non-hydrogen) atoms. The quantitative estimate of drug-likeness (QED) is 0.139. The van der Waals surface area contributed by atoms with E-state index in [1.807, 2.05) is 48.9 Å². The smallest absolute Gasteiger partial charge is 0.148 e. The minimum absolute atomic E-state index is 0.921. The van der Waals surface area contributed by atoms with E-state index in [0.29, 0.717) is 0 Å². The van der Waals surface area contributed by atoms with E-state index in [9.17, 15) is 0 Å². The topological polar surface area (TPSA) is 123 Å². The number of fused-ring (bicyclic) bond motifs is 40. The highest BCUT2D eigenvalue weighted by Crippen LogP contribution is 2.47. The van der Waals surface area contributed by atoms with Crippen LogP contribution in [0.2, 0.25) is 0 Å². The monoisotopic (exact) mass is 1870 g/mol. The maximum atomic E-state index is 5.27. The molecule has 0 radical (unpaired) electrons. The molecule has 33 aromatic rings. The highest BCUT2D eigenvalue weighted by Gasteiger charge is 2.26. The lowest BCUT2D eigenvalue weighted by atomic mass is 9.98. The van der Waals surface area contributed by atoms with E-state index in [2.05, 4.69) is 468 Å². The summed E-state index contributed by atoms with van der Waals surface area (Å²) in [7, 11) is 0. The number of aromatic nitrogens is 14. The lowest BCUT2D eigenvalue weighted by molar-refractivity contribution is 1.10. The molecule has 0 saturated heterocycles. The van der Waals surface area contributed by atoms with Crippen LogP contribution in [0, 0.1) is 0 Å². The lowest BCUT2D eigenvalue weighted by Gasteiger charge is -2.17. The Balaban J connectivity index is 0.000000101. The van der Waals surface area contributed by atoms with Gasteiger partial charge in [-0.25, -0.2) is 19.9 Å². The van der Waals surface area contributed by atoms with Gasteiger partial charge in [0.2, 0.25) is 0 Å². The fourth-order valence-corrected chi connectivity index (χ4v) is 23.8. The molecule has 0 aliphatic carbocycles. The number of hydrogen-bond acceptors (Lipinski definition) is 7. The molecule has 0 aliphatic rings. The first kappa shape index (κ1) is 81.7. The van der Waals surface area contributed by atoms with Crippen LogP contribution in [0.4, 0.5) is 0 Å². The second kappa shape index (κ2) is 32.2. The SMILES string of the molecule is c1ccc(-n2c(-c3ccc(-c4ccc5c6ccc7cccnc7c6c6nc7ccccc7n6c5c4)cc3)nc3ccccc32)cc1.c1cnc2c(c1)ccc1c3ccc(-c4cc(-n5c6ccccc6c6ccccc65)cc(-n5c6ccccc6c6ccccc65)c4)cc3n3c4ccccc4nc3c12.c1cnc2c(c1)ccc1c3ccc(-c4ccc(-n5c6ccccc6c6ccccc65)cc4)cc3n3c4ccccc4nc3c12. The van der Waals surface area contributed by atoms with Crippen LogP contribution in [0.25, 0.3) is 292 Å². The molecule has 0 atom stereocenters. The molecule has 14 nitrogen and oxygen atoms in total. The van der Waals surface area contributed by atoms with E-state index >= 15 is 0 Å². The number of rotatable bonds is 8. The van der Waals surface area contributed by atoms with Gasteiger partial charge in [-0.15, -0.1) is 0 Å². The molecular weight excluding hydrogens is 1790 g/mol. The van der Waals surface area contributed by atoms with Gasteiger partial charge in [0.25, 0.3) is 0 Å². The molecule has 20 aromatic carbocycles. The molecule has 0 bridgehead atoms. The van der Waals surface area contributed by atoms with Gasteiger partial charge in [0.05, 0.1) is 126 Å². The van der Waals surface area contributed by atoms with Crippen molar-refractivity contribution in [2.75, 3.05) is 0 Å². The first-order chi connectivity index (χ1) is 72.9. The van der Waals surface area contributed by atoms with Gasteiger partial charge in [-0.1, -0.05) is 303 Å². The second-order valence-electron chi connectivity index (χ2n) is 38.2. The van der Waals surface area contributed by atoms with Gasteiger partial charge in [-0.3, -0.25) is 32.7 Å². The fourth-order valence-electron chi connectivity index (χ4n) is 23.8. The zero-order valence-corrected chi connectivity index (χ0v) is 78.9. The Labute approximate surface area is 838 Å². The predicted molar refractivity (Wildman–Crippen MR) is 608 cm³/mol. The molecule has 0 amide bonds. The molecule has 0 N–H and O–H groups in total. The van der Waals surface area contributed by atoms with Gasteiger partial charge < -0.3 is 13.7 Å². The van der Waals surface area contributed by atoms with Gasteiger partial charge in [-0.2, -0.15) is 0 Å². The zero-order valence-electron chi connectivity index (χ0n) is 78.9. The van der Waals surface area contributed by atoms with Crippen LogP contribution in [0.15, 0.2) is 486 Å². The van der Waals surface area contributed by atoms with Crippen molar-refractivity contribution in [2.45, 2.75) is 0 Å². The third-order valence-electron chi connectivity index (χ3n) is 30.3. The molecule has 0 aliphatic heterocycles. The van der Waals surface area contributed by atoms with Crippen molar-refractivity contribution in [3.63, 3.8) is 0 Å². The summed E-state index contributed by atoms with van der Waals surface area (Å²) in [4.78, 5) is 35.2. The summed E-state index contributed by atoms with van der Waals surface area (Å²) < 4.78 is 16.4. The highest BCUT2D eigenvalue weighted by atomic mass is 15.1. The van der Waals surface area contributed by atoms with Crippen molar-refractivity contribution in [1.82, 2.24) is 66.4 Å². The molecule has 14 heteroatoms. The maximum absolute atomic E-state index is 5.27. The van der Waals surface area contributed by atoms with E-state index in [4.69, 9.17) is 34.9 Å². The Bertz CT molecular complexity index is 11100. The van der Waals surface area contributed by atoms with Crippen molar-refractivity contribution < 1.29 is 0 Å². The normalized spacial score (nSPS) is 12.1. The Kier molecular flexibility index (Phi) is 17.9. The Hall–Kier alpha value is -20.1. The minimum Gasteiger partial charge on any atom is -0.309 e. The van der Waals surface area contributed by atoms with Crippen molar-refractivity contribution in [1.29, 1.82) is 0 Å². The number of imidazole rings is 4. The molecular formula is C133H80N14. The van der Waals surface area contributed by atoms with Crippen LogP contribution >= 0.6 is 0 Å². The first-order valence-corrected chi connectivity index (χ1v) is 49.8. The average Bonchev–Trinajstić information content (AvgIpc) is 1.54. The molecule has 0 fully saturated rings. The molecule has 13 heterocycles.